The highest BCUT2D eigenvalue weighted by Gasteiger charge is 2.22. The molecule has 1 unspecified atom stereocenters. The van der Waals surface area contributed by atoms with Gasteiger partial charge in [-0.2, -0.15) is 0 Å². The number of allylic oxidation sites excluding steroid dienone is 1. The van der Waals surface area contributed by atoms with Crippen LogP contribution in [-0.4, -0.2) is 13.2 Å². The summed E-state index contributed by atoms with van der Waals surface area (Å²) in [5.41, 5.74) is 0.244. The third-order valence-electron chi connectivity index (χ3n) is 1.84. The second kappa shape index (κ2) is 4.55. The Morgan fingerprint density at radius 3 is 2.18 bits per heavy atom. The molecular formula is C10H20O. The van der Waals surface area contributed by atoms with Crippen LogP contribution in [0, 0.1) is 5.41 Å². The van der Waals surface area contributed by atoms with Crippen LogP contribution in [-0.2, 0) is 4.74 Å². The van der Waals surface area contributed by atoms with Crippen LogP contribution in [0.3, 0.4) is 0 Å². The van der Waals surface area contributed by atoms with Gasteiger partial charge < -0.3 is 4.74 Å². The van der Waals surface area contributed by atoms with Crippen molar-refractivity contribution in [1.29, 1.82) is 0 Å². The van der Waals surface area contributed by atoms with E-state index in [1.165, 1.54) is 0 Å². The van der Waals surface area contributed by atoms with Crippen molar-refractivity contribution in [2.24, 2.45) is 5.41 Å². The maximum absolute atomic E-state index is 5.37. The zero-order valence-corrected chi connectivity index (χ0v) is 8.35. The SMILES string of the molecule is C/C=C/CC(OC)C(C)(C)C. The molecule has 0 spiro atoms. The predicted molar refractivity (Wildman–Crippen MR) is 49.7 cm³/mol. The maximum Gasteiger partial charge on any atom is 0.0653 e. The Bertz CT molecular complexity index is 119. The molecule has 0 rings (SSSR count). The fourth-order valence-electron chi connectivity index (χ4n) is 1.06. The topological polar surface area (TPSA) is 9.23 Å². The lowest BCUT2D eigenvalue weighted by molar-refractivity contribution is 0.0193. The molecule has 0 fully saturated rings. The first kappa shape index (κ1) is 10.7. The molecule has 0 amide bonds. The quantitative estimate of drug-likeness (QED) is 0.571. The Labute approximate surface area is 70.4 Å². The van der Waals surface area contributed by atoms with Crippen molar-refractivity contribution in [3.8, 4) is 0 Å². The molecule has 1 atom stereocenters. The average Bonchev–Trinajstić information content (AvgIpc) is 1.87. The smallest absolute Gasteiger partial charge is 0.0653 e. The van der Waals surface area contributed by atoms with Gasteiger partial charge in [-0.15, -0.1) is 0 Å². The van der Waals surface area contributed by atoms with E-state index in [1.54, 1.807) is 7.11 Å². The second-order valence-corrected chi connectivity index (χ2v) is 3.90. The van der Waals surface area contributed by atoms with Gasteiger partial charge in [0.05, 0.1) is 6.10 Å². The highest BCUT2D eigenvalue weighted by atomic mass is 16.5. The van der Waals surface area contributed by atoms with Crippen LogP contribution in [0.5, 0.6) is 0 Å². The minimum absolute atomic E-state index is 0.244. The molecule has 0 saturated heterocycles. The maximum atomic E-state index is 5.37. The standard InChI is InChI=1S/C10H20O/c1-6-7-8-9(11-5)10(2,3)4/h6-7,9H,8H2,1-5H3/b7-6+. The highest BCUT2D eigenvalue weighted by Crippen LogP contribution is 2.24. The van der Waals surface area contributed by atoms with Gasteiger partial charge in [-0.05, 0) is 18.8 Å². The van der Waals surface area contributed by atoms with Crippen LogP contribution in [0.15, 0.2) is 12.2 Å². The normalized spacial score (nSPS) is 15.7. The van der Waals surface area contributed by atoms with Crippen molar-refractivity contribution in [3.05, 3.63) is 12.2 Å². The average molecular weight is 156 g/mol. The molecular weight excluding hydrogens is 136 g/mol. The minimum Gasteiger partial charge on any atom is -0.381 e. The van der Waals surface area contributed by atoms with E-state index in [9.17, 15) is 0 Å². The van der Waals surface area contributed by atoms with E-state index in [2.05, 4.69) is 32.9 Å². The number of rotatable bonds is 3. The van der Waals surface area contributed by atoms with Crippen LogP contribution in [0.25, 0.3) is 0 Å². The van der Waals surface area contributed by atoms with Crippen LogP contribution in [0.1, 0.15) is 34.1 Å². The van der Waals surface area contributed by atoms with Crippen LogP contribution in [0.2, 0.25) is 0 Å². The van der Waals surface area contributed by atoms with Crippen LogP contribution in [0.4, 0.5) is 0 Å². The lowest BCUT2D eigenvalue weighted by Crippen LogP contribution is -2.27. The third kappa shape index (κ3) is 4.20. The van der Waals surface area contributed by atoms with E-state index >= 15 is 0 Å². The number of methoxy groups -OCH3 is 1. The number of hydrogen-bond acceptors (Lipinski definition) is 1. The summed E-state index contributed by atoms with van der Waals surface area (Å²) in [6.07, 6.45) is 5.56. The summed E-state index contributed by atoms with van der Waals surface area (Å²) in [6, 6.07) is 0. The molecule has 66 valence electrons. The fourth-order valence-corrected chi connectivity index (χ4v) is 1.06. The van der Waals surface area contributed by atoms with Crippen molar-refractivity contribution in [3.63, 3.8) is 0 Å². The Kier molecular flexibility index (Phi) is 4.43. The largest absolute Gasteiger partial charge is 0.381 e. The van der Waals surface area contributed by atoms with Crippen LogP contribution >= 0.6 is 0 Å². The first-order chi connectivity index (χ1) is 5.02. The Morgan fingerprint density at radius 2 is 1.91 bits per heavy atom. The molecule has 0 heterocycles. The van der Waals surface area contributed by atoms with Crippen molar-refractivity contribution in [2.75, 3.05) is 7.11 Å². The summed E-state index contributed by atoms with van der Waals surface area (Å²) in [4.78, 5) is 0. The van der Waals surface area contributed by atoms with Gasteiger partial charge >= 0.3 is 0 Å². The molecule has 11 heavy (non-hydrogen) atoms. The Hall–Kier alpha value is -0.300. The zero-order valence-electron chi connectivity index (χ0n) is 8.35. The van der Waals surface area contributed by atoms with Gasteiger partial charge in [0, 0.05) is 7.11 Å². The minimum atomic E-state index is 0.244. The lowest BCUT2D eigenvalue weighted by Gasteiger charge is -2.28. The van der Waals surface area contributed by atoms with Gasteiger partial charge in [0.25, 0.3) is 0 Å². The Morgan fingerprint density at radius 1 is 1.36 bits per heavy atom. The van der Waals surface area contributed by atoms with Crippen LogP contribution < -0.4 is 0 Å². The molecule has 0 aromatic heterocycles. The molecule has 0 radical (unpaired) electrons. The summed E-state index contributed by atoms with van der Waals surface area (Å²) in [7, 11) is 1.78. The summed E-state index contributed by atoms with van der Waals surface area (Å²) in [5.74, 6) is 0. The summed E-state index contributed by atoms with van der Waals surface area (Å²) in [5, 5.41) is 0. The highest BCUT2D eigenvalue weighted by molar-refractivity contribution is 4.85. The summed E-state index contributed by atoms with van der Waals surface area (Å²) >= 11 is 0. The Balaban J connectivity index is 3.96. The van der Waals surface area contributed by atoms with E-state index in [0.717, 1.165) is 6.42 Å². The van der Waals surface area contributed by atoms with Crippen molar-refractivity contribution < 1.29 is 4.74 Å². The van der Waals surface area contributed by atoms with Gasteiger partial charge in [0.2, 0.25) is 0 Å². The van der Waals surface area contributed by atoms with E-state index in [-0.39, 0.29) is 5.41 Å². The van der Waals surface area contributed by atoms with Gasteiger partial charge in [-0.3, -0.25) is 0 Å². The van der Waals surface area contributed by atoms with Crippen molar-refractivity contribution >= 4 is 0 Å². The molecule has 0 saturated carbocycles. The second-order valence-electron chi connectivity index (χ2n) is 3.90. The first-order valence-corrected chi connectivity index (χ1v) is 4.16. The summed E-state index contributed by atoms with van der Waals surface area (Å²) in [6.45, 7) is 8.63. The van der Waals surface area contributed by atoms with E-state index in [0.29, 0.717) is 6.10 Å². The van der Waals surface area contributed by atoms with E-state index < -0.39 is 0 Å². The first-order valence-electron chi connectivity index (χ1n) is 4.16. The zero-order chi connectivity index (χ0) is 8.91. The molecule has 1 heteroatoms. The number of ether oxygens (including phenoxy) is 1. The van der Waals surface area contributed by atoms with Gasteiger partial charge in [0.15, 0.2) is 0 Å². The van der Waals surface area contributed by atoms with E-state index in [4.69, 9.17) is 4.74 Å². The van der Waals surface area contributed by atoms with Gasteiger partial charge in [-0.25, -0.2) is 0 Å². The molecule has 0 aromatic rings. The number of hydrogen-bond donors (Lipinski definition) is 0. The monoisotopic (exact) mass is 156 g/mol. The third-order valence-corrected chi connectivity index (χ3v) is 1.84. The fraction of sp³-hybridized carbons (Fsp3) is 0.800. The van der Waals surface area contributed by atoms with Gasteiger partial charge in [0.1, 0.15) is 0 Å². The van der Waals surface area contributed by atoms with E-state index in [1.807, 2.05) is 6.92 Å². The predicted octanol–water partition coefficient (Wildman–Crippen LogP) is 3.01. The summed E-state index contributed by atoms with van der Waals surface area (Å²) < 4.78 is 5.37. The van der Waals surface area contributed by atoms with Crippen molar-refractivity contribution in [1.82, 2.24) is 0 Å². The van der Waals surface area contributed by atoms with Gasteiger partial charge in [-0.1, -0.05) is 32.9 Å². The lowest BCUT2D eigenvalue weighted by atomic mass is 9.87. The molecule has 0 aliphatic rings. The molecule has 0 aromatic carbocycles. The molecule has 0 aliphatic heterocycles. The molecule has 0 N–H and O–H groups in total. The molecule has 0 aliphatic carbocycles. The molecule has 1 nitrogen and oxygen atoms in total. The molecule has 0 bridgehead atoms. The van der Waals surface area contributed by atoms with Crippen molar-refractivity contribution in [2.45, 2.75) is 40.2 Å².